The van der Waals surface area contributed by atoms with Crippen LogP contribution in [-0.2, 0) is 14.3 Å². The molecule has 0 spiro atoms. The average Bonchev–Trinajstić information content (AvgIpc) is 3.10. The number of halogens is 1. The third kappa shape index (κ3) is 3.35. The van der Waals surface area contributed by atoms with Crippen LogP contribution in [0.4, 0.5) is 4.39 Å². The van der Waals surface area contributed by atoms with E-state index in [0.717, 1.165) is 37.0 Å². The fourth-order valence-electron chi connectivity index (χ4n) is 8.14. The Morgan fingerprint density at radius 2 is 1.70 bits per heavy atom. The van der Waals surface area contributed by atoms with Gasteiger partial charge in [0.25, 0.3) is 10.1 Å². The third-order valence-electron chi connectivity index (χ3n) is 9.76. The molecule has 4 saturated carbocycles. The maximum absolute atomic E-state index is 13.2. The van der Waals surface area contributed by atoms with Gasteiger partial charge in [0.05, 0.1) is 11.0 Å². The van der Waals surface area contributed by atoms with Crippen molar-refractivity contribution in [2.45, 2.75) is 89.1 Å². The predicted octanol–water partition coefficient (Wildman–Crippen LogP) is 6.33. The van der Waals surface area contributed by atoms with Gasteiger partial charge in [-0.25, -0.2) is 4.39 Å². The monoisotopic (exact) mass is 434 g/mol. The molecule has 0 amide bonds. The van der Waals surface area contributed by atoms with Crippen molar-refractivity contribution in [3.63, 3.8) is 0 Å². The average molecular weight is 435 g/mol. The van der Waals surface area contributed by atoms with E-state index in [2.05, 4.69) is 13.8 Å². The quantitative estimate of drug-likeness (QED) is 0.522. The van der Waals surface area contributed by atoms with E-state index >= 15 is 0 Å². The van der Waals surface area contributed by atoms with E-state index in [1.165, 1.54) is 69.2 Å². The van der Waals surface area contributed by atoms with Crippen molar-refractivity contribution >= 4 is 10.1 Å². The van der Waals surface area contributed by atoms with Crippen LogP contribution in [0.25, 0.3) is 0 Å². The zero-order valence-electron chi connectivity index (χ0n) is 18.3. The van der Waals surface area contributed by atoms with Crippen molar-refractivity contribution in [3.05, 3.63) is 30.1 Å². The van der Waals surface area contributed by atoms with Crippen LogP contribution in [0.2, 0.25) is 0 Å². The molecule has 7 atom stereocenters. The number of hydrogen-bond acceptors (Lipinski definition) is 3. The lowest BCUT2D eigenvalue weighted by molar-refractivity contribution is -0.117. The van der Waals surface area contributed by atoms with Crippen LogP contribution in [0.1, 0.15) is 78.1 Å². The normalized spacial score (nSPS) is 43.5. The van der Waals surface area contributed by atoms with Crippen molar-refractivity contribution < 1.29 is 17.0 Å². The van der Waals surface area contributed by atoms with E-state index in [4.69, 9.17) is 4.18 Å². The highest BCUT2D eigenvalue weighted by Gasteiger charge is 2.58. The van der Waals surface area contributed by atoms with Crippen LogP contribution in [0.3, 0.4) is 0 Å². The van der Waals surface area contributed by atoms with E-state index in [0.29, 0.717) is 16.7 Å². The molecule has 5 heteroatoms. The molecule has 166 valence electrons. The van der Waals surface area contributed by atoms with Gasteiger partial charge in [-0.05, 0) is 117 Å². The molecule has 0 radical (unpaired) electrons. The first kappa shape index (κ1) is 20.9. The lowest BCUT2D eigenvalue weighted by atomic mass is 9.45. The van der Waals surface area contributed by atoms with Crippen LogP contribution < -0.4 is 0 Å². The van der Waals surface area contributed by atoms with Gasteiger partial charge in [0, 0.05) is 0 Å². The van der Waals surface area contributed by atoms with Gasteiger partial charge in [0.15, 0.2) is 0 Å². The lowest BCUT2D eigenvalue weighted by Gasteiger charge is -2.60. The van der Waals surface area contributed by atoms with E-state index in [1.807, 2.05) is 0 Å². The Hall–Kier alpha value is -0.940. The van der Waals surface area contributed by atoms with Gasteiger partial charge in [0.1, 0.15) is 5.82 Å². The van der Waals surface area contributed by atoms with Gasteiger partial charge < -0.3 is 0 Å². The van der Waals surface area contributed by atoms with Crippen LogP contribution in [-0.4, -0.2) is 14.5 Å². The lowest BCUT2D eigenvalue weighted by Crippen LogP contribution is -2.53. The molecule has 0 saturated heterocycles. The maximum atomic E-state index is 13.2. The van der Waals surface area contributed by atoms with Crippen LogP contribution >= 0.6 is 0 Å². The maximum Gasteiger partial charge on any atom is 0.297 e. The first-order chi connectivity index (χ1) is 14.2. The molecule has 7 unspecified atom stereocenters. The summed E-state index contributed by atoms with van der Waals surface area (Å²) in [6.45, 7) is 5.04. The van der Waals surface area contributed by atoms with Crippen LogP contribution in [0, 0.1) is 40.3 Å². The standard InChI is InChI=1S/C25H35FO3S/c1-24-13-3-4-22(24)21-10-5-17-16-19(11-15-25(17,2)23(21)12-14-24)29-30(27,28)20-8-6-18(26)7-9-20/h6-9,17,19,21-23H,3-5,10-16H2,1-2H3. The summed E-state index contributed by atoms with van der Waals surface area (Å²) >= 11 is 0. The molecule has 30 heavy (non-hydrogen) atoms. The highest BCUT2D eigenvalue weighted by Crippen LogP contribution is 2.66. The molecule has 1 aromatic rings. The molecular formula is C25H35FO3S. The first-order valence-electron chi connectivity index (χ1n) is 11.9. The molecule has 0 bridgehead atoms. The van der Waals surface area contributed by atoms with E-state index in [-0.39, 0.29) is 11.0 Å². The number of fused-ring (bicyclic) bond motifs is 5. The summed E-state index contributed by atoms with van der Waals surface area (Å²) in [6.07, 6.45) is 11.9. The summed E-state index contributed by atoms with van der Waals surface area (Å²) in [5.74, 6) is 2.67. The predicted molar refractivity (Wildman–Crippen MR) is 115 cm³/mol. The Morgan fingerprint density at radius 3 is 2.47 bits per heavy atom. The second-order valence-electron chi connectivity index (χ2n) is 11.1. The van der Waals surface area contributed by atoms with Gasteiger partial charge >= 0.3 is 0 Å². The Bertz CT molecular complexity index is 897. The van der Waals surface area contributed by atoms with Crippen LogP contribution in [0.15, 0.2) is 29.2 Å². The minimum absolute atomic E-state index is 0.0498. The molecule has 0 aliphatic heterocycles. The third-order valence-corrected chi connectivity index (χ3v) is 11.1. The second kappa shape index (κ2) is 7.30. The smallest absolute Gasteiger partial charge is 0.263 e. The molecule has 3 nitrogen and oxygen atoms in total. The summed E-state index contributed by atoms with van der Waals surface area (Å²) in [5, 5.41) is 0. The van der Waals surface area contributed by atoms with E-state index < -0.39 is 15.9 Å². The molecule has 0 N–H and O–H groups in total. The minimum Gasteiger partial charge on any atom is -0.263 e. The Kier molecular flexibility index (Phi) is 5.09. The molecule has 0 heterocycles. The Balaban J connectivity index is 1.30. The highest BCUT2D eigenvalue weighted by atomic mass is 32.2. The molecule has 0 aromatic heterocycles. The fraction of sp³-hybridized carbons (Fsp3) is 0.760. The van der Waals surface area contributed by atoms with Crippen molar-refractivity contribution in [2.75, 3.05) is 0 Å². The summed E-state index contributed by atoms with van der Waals surface area (Å²) < 4.78 is 44.2. The van der Waals surface area contributed by atoms with Crippen molar-refractivity contribution in [1.82, 2.24) is 0 Å². The first-order valence-corrected chi connectivity index (χ1v) is 13.3. The SMILES string of the molecule is CC12CCCC1C1CCC3CC(OS(=O)(=O)c4ccc(F)cc4)CCC3(C)C1CC2. The van der Waals surface area contributed by atoms with Gasteiger partial charge in [-0.2, -0.15) is 8.42 Å². The number of rotatable bonds is 3. The van der Waals surface area contributed by atoms with Crippen LogP contribution in [0.5, 0.6) is 0 Å². The highest BCUT2D eigenvalue weighted by molar-refractivity contribution is 7.86. The molecule has 4 fully saturated rings. The minimum atomic E-state index is -3.84. The van der Waals surface area contributed by atoms with E-state index in [1.54, 1.807) is 0 Å². The van der Waals surface area contributed by atoms with Crippen molar-refractivity contribution in [1.29, 1.82) is 0 Å². The zero-order valence-corrected chi connectivity index (χ0v) is 19.1. The van der Waals surface area contributed by atoms with Crippen molar-refractivity contribution in [3.8, 4) is 0 Å². The van der Waals surface area contributed by atoms with E-state index in [9.17, 15) is 12.8 Å². The Morgan fingerprint density at radius 1 is 0.933 bits per heavy atom. The topological polar surface area (TPSA) is 43.4 Å². The zero-order chi connectivity index (χ0) is 21.1. The summed E-state index contributed by atoms with van der Waals surface area (Å²) in [4.78, 5) is 0.0498. The van der Waals surface area contributed by atoms with Gasteiger partial charge in [-0.15, -0.1) is 0 Å². The van der Waals surface area contributed by atoms with Gasteiger partial charge in [-0.1, -0.05) is 20.3 Å². The molecule has 1 aromatic carbocycles. The molecule has 5 rings (SSSR count). The summed E-state index contributed by atoms with van der Waals surface area (Å²) in [7, 11) is -3.84. The van der Waals surface area contributed by atoms with Gasteiger partial charge in [0.2, 0.25) is 0 Å². The fourth-order valence-corrected chi connectivity index (χ4v) is 9.25. The number of benzene rings is 1. The molecular weight excluding hydrogens is 399 g/mol. The molecule has 4 aliphatic rings. The van der Waals surface area contributed by atoms with Crippen molar-refractivity contribution in [2.24, 2.45) is 34.5 Å². The summed E-state index contributed by atoms with van der Waals surface area (Å²) in [6, 6.07) is 4.94. The molecule has 4 aliphatic carbocycles. The van der Waals surface area contributed by atoms with Gasteiger partial charge in [-0.3, -0.25) is 4.18 Å². The second-order valence-corrected chi connectivity index (χ2v) is 12.7. The summed E-state index contributed by atoms with van der Waals surface area (Å²) in [5.41, 5.74) is 0.903. The largest absolute Gasteiger partial charge is 0.297 e. The Labute approximate surface area is 180 Å². The number of hydrogen-bond donors (Lipinski definition) is 0.